The van der Waals surface area contributed by atoms with Gasteiger partial charge in [-0.2, -0.15) is 10.2 Å². The van der Waals surface area contributed by atoms with Crippen LogP contribution in [0.3, 0.4) is 0 Å². The second-order valence-corrected chi connectivity index (χ2v) is 7.59. The van der Waals surface area contributed by atoms with E-state index in [0.717, 1.165) is 11.9 Å². The first-order chi connectivity index (χ1) is 8.94. The van der Waals surface area contributed by atoms with E-state index >= 15 is 0 Å². The molecule has 2 aromatic rings. The van der Waals surface area contributed by atoms with E-state index in [1.54, 1.807) is 22.2 Å². The van der Waals surface area contributed by atoms with Gasteiger partial charge in [0.05, 0.1) is 29.3 Å². The Labute approximate surface area is 129 Å². The third-order valence-corrected chi connectivity index (χ3v) is 3.54. The molecule has 1 aromatic heterocycles. The van der Waals surface area contributed by atoms with Crippen LogP contribution >= 0.6 is 46.8 Å². The number of hydrogen-bond donors (Lipinski definition) is 0. The highest BCUT2D eigenvalue weighted by Crippen LogP contribution is 2.43. The van der Waals surface area contributed by atoms with Crippen LogP contribution in [0.5, 0.6) is 6.01 Å². The quantitative estimate of drug-likeness (QED) is 0.791. The topological polar surface area (TPSA) is 50.8 Å². The van der Waals surface area contributed by atoms with E-state index in [1.807, 2.05) is 6.92 Å². The summed E-state index contributed by atoms with van der Waals surface area (Å²) in [5, 5.41) is 8.93. The molecule has 0 spiro atoms. The molecule has 0 radical (unpaired) electrons. The van der Waals surface area contributed by atoms with Gasteiger partial charge in [-0.15, -0.1) is 0 Å². The van der Waals surface area contributed by atoms with Crippen LogP contribution < -0.4 is 4.74 Å². The number of imidazole rings is 1. The number of benzene rings is 1. The highest BCUT2D eigenvalue weighted by atomic mass is 35.6. The second-order valence-electron chi connectivity index (χ2n) is 3.47. The Morgan fingerprint density at radius 3 is 2.79 bits per heavy atom. The van der Waals surface area contributed by atoms with Gasteiger partial charge in [0.2, 0.25) is 0 Å². The van der Waals surface area contributed by atoms with Gasteiger partial charge < -0.3 is 4.74 Å². The molecule has 0 unspecified atom stereocenters. The van der Waals surface area contributed by atoms with Crippen LogP contribution in [0.2, 0.25) is 0 Å². The van der Waals surface area contributed by atoms with Gasteiger partial charge in [-0.3, -0.25) is 0 Å². The maximum absolute atomic E-state index is 8.93. The first kappa shape index (κ1) is 14.6. The maximum atomic E-state index is 8.93. The lowest BCUT2D eigenvalue weighted by Crippen LogP contribution is -2.04. The Kier molecular flexibility index (Phi) is 4.36. The van der Waals surface area contributed by atoms with E-state index in [-0.39, 0.29) is 0 Å². The zero-order valence-corrected chi connectivity index (χ0v) is 12.8. The molecule has 4 nitrogen and oxygen atoms in total. The molecular weight excluding hydrogens is 329 g/mol. The minimum absolute atomic E-state index is 0.337. The zero-order valence-electron chi connectivity index (χ0n) is 9.73. The van der Waals surface area contributed by atoms with Gasteiger partial charge in [-0.05, 0) is 25.1 Å². The number of hydrogen-bond acceptors (Lipinski definition) is 4. The molecule has 19 heavy (non-hydrogen) atoms. The fourth-order valence-corrected chi connectivity index (χ4v) is 2.76. The van der Waals surface area contributed by atoms with Crippen molar-refractivity contribution in [3.8, 4) is 12.1 Å². The number of rotatable bonds is 3. The van der Waals surface area contributed by atoms with E-state index in [4.69, 9.17) is 44.8 Å². The van der Waals surface area contributed by atoms with Crippen molar-refractivity contribution >= 4 is 57.8 Å². The summed E-state index contributed by atoms with van der Waals surface area (Å²) in [5.74, 6) is 0. The molecule has 0 amide bonds. The number of aromatic nitrogens is 2. The van der Waals surface area contributed by atoms with Crippen molar-refractivity contribution in [2.45, 2.75) is 10.0 Å². The number of nitriles is 1. The minimum atomic E-state index is -1.55. The van der Waals surface area contributed by atoms with Crippen LogP contribution in [0, 0.1) is 11.3 Å². The summed E-state index contributed by atoms with van der Waals surface area (Å²) >= 11 is 18.3. The third-order valence-electron chi connectivity index (χ3n) is 2.18. The zero-order chi connectivity index (χ0) is 14.0. The van der Waals surface area contributed by atoms with Crippen molar-refractivity contribution in [3.63, 3.8) is 0 Å². The van der Waals surface area contributed by atoms with E-state index in [1.165, 1.54) is 0 Å². The number of ether oxygens (including phenoxy) is 1. The van der Waals surface area contributed by atoms with E-state index < -0.39 is 3.12 Å². The summed E-state index contributed by atoms with van der Waals surface area (Å²) < 4.78 is 5.44. The van der Waals surface area contributed by atoms with Crippen molar-refractivity contribution in [2.24, 2.45) is 0 Å². The van der Waals surface area contributed by atoms with Crippen molar-refractivity contribution in [1.29, 1.82) is 5.26 Å². The molecule has 0 fully saturated rings. The van der Waals surface area contributed by atoms with Gasteiger partial charge in [-0.25, -0.2) is 3.97 Å². The summed E-state index contributed by atoms with van der Waals surface area (Å²) in [6, 6.07) is 7.48. The van der Waals surface area contributed by atoms with Gasteiger partial charge >= 0.3 is 6.01 Å². The van der Waals surface area contributed by atoms with Gasteiger partial charge in [0.1, 0.15) is 0 Å². The standard InChI is InChI=1S/C11H8Cl3N3OS/c1-2-18-10-16-8-4-3-7(6-15)5-9(8)17(10)19-11(12,13)14/h3-5H,2H2,1H3. The molecule has 100 valence electrons. The number of fused-ring (bicyclic) bond motifs is 1. The average Bonchev–Trinajstić information content (AvgIpc) is 2.65. The van der Waals surface area contributed by atoms with Crippen molar-refractivity contribution in [2.75, 3.05) is 6.61 Å². The predicted molar refractivity (Wildman–Crippen MR) is 78.9 cm³/mol. The molecule has 8 heteroatoms. The maximum Gasteiger partial charge on any atom is 0.308 e. The van der Waals surface area contributed by atoms with Gasteiger partial charge in [0, 0.05) is 11.9 Å². The number of nitrogens with zero attached hydrogens (tertiary/aromatic N) is 3. The van der Waals surface area contributed by atoms with Crippen molar-refractivity contribution in [1.82, 2.24) is 8.96 Å². The summed E-state index contributed by atoms with van der Waals surface area (Å²) in [7, 11) is 0. The Hall–Kier alpha value is -0.800. The summed E-state index contributed by atoms with van der Waals surface area (Å²) in [6.07, 6.45) is 0. The lowest BCUT2D eigenvalue weighted by Gasteiger charge is -2.13. The molecular formula is C11H8Cl3N3OS. The van der Waals surface area contributed by atoms with Crippen molar-refractivity contribution in [3.05, 3.63) is 23.8 Å². The van der Waals surface area contributed by atoms with Crippen molar-refractivity contribution < 1.29 is 4.74 Å². The van der Waals surface area contributed by atoms with Crippen LogP contribution in [0.4, 0.5) is 0 Å². The Balaban J connectivity index is 2.60. The molecule has 1 heterocycles. The fourth-order valence-electron chi connectivity index (χ4n) is 1.51. The molecule has 0 N–H and O–H groups in total. The van der Waals surface area contributed by atoms with Gasteiger partial charge in [0.25, 0.3) is 3.12 Å². The predicted octanol–water partition coefficient (Wildman–Crippen LogP) is 4.13. The SMILES string of the molecule is CCOc1nc2ccc(C#N)cc2n1SC(Cl)(Cl)Cl. The molecule has 0 saturated heterocycles. The molecule has 0 atom stereocenters. The van der Waals surface area contributed by atoms with E-state index in [9.17, 15) is 0 Å². The van der Waals surface area contributed by atoms with Crippen LogP contribution in [-0.2, 0) is 0 Å². The summed E-state index contributed by atoms with van der Waals surface area (Å²) in [6.45, 7) is 2.28. The lowest BCUT2D eigenvalue weighted by molar-refractivity contribution is 0.314. The van der Waals surface area contributed by atoms with Gasteiger partial charge in [-0.1, -0.05) is 34.8 Å². The summed E-state index contributed by atoms with van der Waals surface area (Å²) in [4.78, 5) is 4.30. The van der Waals surface area contributed by atoms with Crippen LogP contribution in [-0.4, -0.2) is 18.7 Å². The Morgan fingerprint density at radius 2 is 2.21 bits per heavy atom. The molecule has 0 aliphatic rings. The second kappa shape index (κ2) is 5.68. The molecule has 0 aliphatic carbocycles. The van der Waals surface area contributed by atoms with Crippen LogP contribution in [0.15, 0.2) is 18.2 Å². The molecule has 1 aromatic carbocycles. The number of alkyl halides is 3. The normalized spacial score (nSPS) is 11.5. The first-order valence-corrected chi connectivity index (χ1v) is 7.17. The highest BCUT2D eigenvalue weighted by Gasteiger charge is 2.26. The monoisotopic (exact) mass is 335 g/mol. The highest BCUT2D eigenvalue weighted by molar-refractivity contribution is 8.03. The minimum Gasteiger partial charge on any atom is -0.464 e. The average molecular weight is 337 g/mol. The van der Waals surface area contributed by atoms with E-state index in [0.29, 0.717) is 29.2 Å². The van der Waals surface area contributed by atoms with E-state index in [2.05, 4.69) is 11.1 Å². The largest absolute Gasteiger partial charge is 0.464 e. The third kappa shape index (κ3) is 3.40. The molecule has 2 rings (SSSR count). The van der Waals surface area contributed by atoms with Crippen LogP contribution in [0.25, 0.3) is 11.0 Å². The van der Waals surface area contributed by atoms with Gasteiger partial charge in [0.15, 0.2) is 0 Å². The Bertz CT molecular complexity index is 645. The summed E-state index contributed by atoms with van der Waals surface area (Å²) in [5.41, 5.74) is 1.84. The van der Waals surface area contributed by atoms with Crippen LogP contribution in [0.1, 0.15) is 12.5 Å². The lowest BCUT2D eigenvalue weighted by atomic mass is 10.2. The molecule has 0 aliphatic heterocycles. The molecule has 0 saturated carbocycles. The smallest absolute Gasteiger partial charge is 0.308 e. The Morgan fingerprint density at radius 1 is 1.47 bits per heavy atom. The number of halogens is 3. The molecule has 0 bridgehead atoms. The first-order valence-electron chi connectivity index (χ1n) is 5.26. The fraction of sp³-hybridized carbons (Fsp3) is 0.273.